The number of anilines is 1. The minimum Gasteiger partial charge on any atom is -0.495 e. The maximum atomic E-state index is 12.0. The van der Waals surface area contributed by atoms with Crippen LogP contribution in [0.5, 0.6) is 5.75 Å². The normalized spacial score (nSPS) is 10.5. The van der Waals surface area contributed by atoms with Crippen LogP contribution in [0.1, 0.15) is 11.1 Å². The summed E-state index contributed by atoms with van der Waals surface area (Å²) in [7, 11) is 1.49. The minimum atomic E-state index is -0.755. The van der Waals surface area contributed by atoms with Gasteiger partial charge in [0.05, 0.1) is 19.3 Å². The molecule has 0 bridgehead atoms. The number of rotatable bonds is 8. The van der Waals surface area contributed by atoms with Crippen LogP contribution in [-0.4, -0.2) is 38.0 Å². The smallest absolute Gasteiger partial charge is 0.331 e. The summed E-state index contributed by atoms with van der Waals surface area (Å²) in [6.07, 6.45) is 2.50. The zero-order chi connectivity index (χ0) is 22.1. The molecule has 0 aliphatic rings. The zero-order valence-corrected chi connectivity index (χ0v) is 17.8. The fourth-order valence-corrected chi connectivity index (χ4v) is 2.87. The number of methoxy groups -OCH3 is 1. The van der Waals surface area contributed by atoms with Crippen LogP contribution >= 0.6 is 23.2 Å². The van der Waals surface area contributed by atoms with Crippen LogP contribution < -0.4 is 15.4 Å². The first-order valence-electron chi connectivity index (χ1n) is 8.80. The van der Waals surface area contributed by atoms with Gasteiger partial charge in [0.25, 0.3) is 5.91 Å². The second-order valence-corrected chi connectivity index (χ2v) is 6.92. The van der Waals surface area contributed by atoms with Crippen molar-refractivity contribution in [1.82, 2.24) is 5.32 Å². The molecule has 0 spiro atoms. The topological polar surface area (TPSA) is 93.7 Å². The molecule has 0 atom stereocenters. The van der Waals surface area contributed by atoms with Gasteiger partial charge in [-0.3, -0.25) is 9.59 Å². The number of hydrogen-bond donors (Lipinski definition) is 2. The summed E-state index contributed by atoms with van der Waals surface area (Å²) in [6.45, 7) is 1.04. The molecule has 0 fully saturated rings. The van der Waals surface area contributed by atoms with Crippen molar-refractivity contribution in [3.8, 4) is 5.75 Å². The Bertz CT molecular complexity index is 956. The van der Waals surface area contributed by atoms with Crippen LogP contribution in [0.3, 0.4) is 0 Å². The third kappa shape index (κ3) is 7.09. The number of hydrogen-bond acceptors (Lipinski definition) is 5. The quantitative estimate of drug-likeness (QED) is 0.473. The zero-order valence-electron chi connectivity index (χ0n) is 16.3. The van der Waals surface area contributed by atoms with Crippen LogP contribution in [0.25, 0.3) is 6.08 Å². The number of benzene rings is 2. The van der Waals surface area contributed by atoms with E-state index in [1.165, 1.54) is 13.2 Å². The van der Waals surface area contributed by atoms with E-state index in [1.807, 2.05) is 13.0 Å². The lowest BCUT2D eigenvalue weighted by molar-refractivity contribution is -0.143. The van der Waals surface area contributed by atoms with E-state index in [2.05, 4.69) is 10.6 Å². The van der Waals surface area contributed by atoms with Gasteiger partial charge in [0.1, 0.15) is 5.75 Å². The molecule has 2 aromatic rings. The first-order chi connectivity index (χ1) is 14.3. The average Bonchev–Trinajstić information content (AvgIpc) is 2.70. The van der Waals surface area contributed by atoms with E-state index in [9.17, 15) is 14.4 Å². The van der Waals surface area contributed by atoms with Crippen LogP contribution in [0.2, 0.25) is 10.0 Å². The molecule has 2 rings (SSSR count). The molecule has 0 radical (unpaired) electrons. The summed E-state index contributed by atoms with van der Waals surface area (Å²) >= 11 is 12.0. The Morgan fingerprint density at radius 1 is 1.07 bits per heavy atom. The van der Waals surface area contributed by atoms with Gasteiger partial charge in [0, 0.05) is 21.7 Å². The molecule has 0 aromatic heterocycles. The molecule has 0 unspecified atom stereocenters. The van der Waals surface area contributed by atoms with E-state index in [-0.39, 0.29) is 6.54 Å². The second kappa shape index (κ2) is 11.2. The van der Waals surface area contributed by atoms with Crippen molar-refractivity contribution in [3.63, 3.8) is 0 Å². The highest BCUT2D eigenvalue weighted by atomic mass is 35.5. The van der Waals surface area contributed by atoms with Crippen LogP contribution in [0.15, 0.2) is 42.5 Å². The van der Waals surface area contributed by atoms with Crippen LogP contribution in [-0.2, 0) is 19.1 Å². The van der Waals surface area contributed by atoms with E-state index in [0.717, 1.165) is 11.6 Å². The summed E-state index contributed by atoms with van der Waals surface area (Å²) in [6, 6.07) is 10.3. The number of nitrogens with one attached hydrogen (secondary N) is 2. The number of esters is 1. The second-order valence-electron chi connectivity index (χ2n) is 6.11. The highest BCUT2D eigenvalue weighted by Crippen LogP contribution is 2.26. The highest BCUT2D eigenvalue weighted by Gasteiger charge is 2.11. The summed E-state index contributed by atoms with van der Waals surface area (Å²) in [5, 5.41) is 5.77. The molecular weight excluding hydrogens is 431 g/mol. The van der Waals surface area contributed by atoms with Crippen LogP contribution in [0, 0.1) is 6.92 Å². The summed E-state index contributed by atoms with van der Waals surface area (Å²) in [5.74, 6) is -1.33. The SMILES string of the molecule is COc1ccc(C)cc1NC(=O)CNC(=O)COC(=O)/C=C/c1c(Cl)cccc1Cl. The lowest BCUT2D eigenvalue weighted by Crippen LogP contribution is -2.35. The van der Waals surface area contributed by atoms with Crippen LogP contribution in [0.4, 0.5) is 5.69 Å². The van der Waals surface area contributed by atoms with Gasteiger partial charge in [-0.05, 0) is 42.8 Å². The molecule has 7 nitrogen and oxygen atoms in total. The molecule has 0 aliphatic heterocycles. The fourth-order valence-electron chi connectivity index (χ4n) is 2.35. The first kappa shape index (κ1) is 23.3. The van der Waals surface area contributed by atoms with Crippen molar-refractivity contribution in [2.24, 2.45) is 0 Å². The van der Waals surface area contributed by atoms with Crippen molar-refractivity contribution in [2.45, 2.75) is 6.92 Å². The third-order valence-electron chi connectivity index (χ3n) is 3.81. The number of aryl methyl sites for hydroxylation is 1. The highest BCUT2D eigenvalue weighted by molar-refractivity contribution is 6.37. The molecule has 0 aliphatic carbocycles. The molecular formula is C21H20Cl2N2O5. The maximum absolute atomic E-state index is 12.0. The standard InChI is InChI=1S/C21H20Cl2N2O5/c1-13-6-8-18(29-2)17(10-13)25-19(26)11-24-20(27)12-30-21(28)9-7-14-15(22)4-3-5-16(14)23/h3-10H,11-12H2,1-2H3,(H,24,27)(H,25,26)/b9-7+. The van der Waals surface area contributed by atoms with Gasteiger partial charge in [-0.1, -0.05) is 35.3 Å². The monoisotopic (exact) mass is 450 g/mol. The van der Waals surface area contributed by atoms with E-state index in [0.29, 0.717) is 27.0 Å². The van der Waals surface area contributed by atoms with Gasteiger partial charge in [-0.15, -0.1) is 0 Å². The molecule has 0 heterocycles. The summed E-state index contributed by atoms with van der Waals surface area (Å²) in [4.78, 5) is 35.6. The molecule has 2 N–H and O–H groups in total. The number of amides is 2. The van der Waals surface area contributed by atoms with Gasteiger partial charge in [-0.2, -0.15) is 0 Å². The first-order valence-corrected chi connectivity index (χ1v) is 9.55. The molecule has 30 heavy (non-hydrogen) atoms. The molecule has 2 amide bonds. The predicted octanol–water partition coefficient (Wildman–Crippen LogP) is 3.62. The van der Waals surface area contributed by atoms with E-state index in [1.54, 1.807) is 30.3 Å². The molecule has 158 valence electrons. The minimum absolute atomic E-state index is 0.293. The Hall–Kier alpha value is -3.03. The van der Waals surface area contributed by atoms with Crippen molar-refractivity contribution in [2.75, 3.05) is 25.6 Å². The van der Waals surface area contributed by atoms with Gasteiger partial charge in [0.15, 0.2) is 6.61 Å². The Morgan fingerprint density at radius 3 is 2.43 bits per heavy atom. The van der Waals surface area contributed by atoms with Crippen molar-refractivity contribution < 1.29 is 23.9 Å². The van der Waals surface area contributed by atoms with E-state index < -0.39 is 24.4 Å². The largest absolute Gasteiger partial charge is 0.495 e. The number of halogens is 2. The number of carbonyl (C=O) groups excluding carboxylic acids is 3. The van der Waals surface area contributed by atoms with Crippen molar-refractivity contribution >= 4 is 52.7 Å². The van der Waals surface area contributed by atoms with Gasteiger partial charge in [-0.25, -0.2) is 4.79 Å². The molecule has 9 heteroatoms. The van der Waals surface area contributed by atoms with Crippen molar-refractivity contribution in [3.05, 3.63) is 63.6 Å². The summed E-state index contributed by atoms with van der Waals surface area (Å²) in [5.41, 5.74) is 1.89. The number of ether oxygens (including phenoxy) is 2. The molecule has 0 saturated heterocycles. The Kier molecular flexibility index (Phi) is 8.70. The third-order valence-corrected chi connectivity index (χ3v) is 4.47. The maximum Gasteiger partial charge on any atom is 0.331 e. The molecule has 0 saturated carbocycles. The molecule has 2 aromatic carbocycles. The van der Waals surface area contributed by atoms with Gasteiger partial charge in [0.2, 0.25) is 5.91 Å². The van der Waals surface area contributed by atoms with Gasteiger partial charge >= 0.3 is 5.97 Å². The van der Waals surface area contributed by atoms with E-state index >= 15 is 0 Å². The Balaban J connectivity index is 1.78. The van der Waals surface area contributed by atoms with Gasteiger partial charge < -0.3 is 20.1 Å². The summed E-state index contributed by atoms with van der Waals surface area (Å²) < 4.78 is 10.0. The predicted molar refractivity (Wildman–Crippen MR) is 116 cm³/mol. The van der Waals surface area contributed by atoms with E-state index in [4.69, 9.17) is 32.7 Å². The average molecular weight is 451 g/mol. The lowest BCUT2D eigenvalue weighted by Gasteiger charge is -2.11. The Morgan fingerprint density at radius 2 is 1.77 bits per heavy atom. The number of carbonyl (C=O) groups is 3. The Labute approximate surface area is 184 Å². The fraction of sp³-hybridized carbons (Fsp3) is 0.190. The van der Waals surface area contributed by atoms with Crippen molar-refractivity contribution in [1.29, 1.82) is 0 Å². The lowest BCUT2D eigenvalue weighted by atomic mass is 10.2.